The number of hydrogen-bond acceptors (Lipinski definition) is 7. The van der Waals surface area contributed by atoms with E-state index in [0.29, 0.717) is 4.88 Å². The van der Waals surface area contributed by atoms with Crippen LogP contribution in [0.3, 0.4) is 0 Å². The molecule has 2 aromatic rings. The third-order valence-corrected chi connectivity index (χ3v) is 4.25. The van der Waals surface area contributed by atoms with Crippen LogP contribution in [0.2, 0.25) is 0 Å². The molecule has 9 heteroatoms. The molecule has 2 heterocycles. The summed E-state index contributed by atoms with van der Waals surface area (Å²) in [6.07, 6.45) is 0. The maximum Gasteiger partial charge on any atom is 0.348 e. The van der Waals surface area contributed by atoms with E-state index < -0.39 is 29.6 Å². The minimum Gasteiger partial charge on any atom is -0.453 e. The zero-order chi connectivity index (χ0) is 17.3. The number of aryl methyl sites for hydroxylation is 1. The highest BCUT2D eigenvalue weighted by molar-refractivity contribution is 7.13. The van der Waals surface area contributed by atoms with Gasteiger partial charge in [0.2, 0.25) is 5.78 Å². The Morgan fingerprint density at radius 1 is 1.22 bits per heavy atom. The fraction of sp³-hybridized carbons (Fsp3) is 0.286. The quantitative estimate of drug-likeness (QED) is 0.624. The van der Waals surface area contributed by atoms with Crippen molar-refractivity contribution in [3.8, 4) is 0 Å². The highest BCUT2D eigenvalue weighted by atomic mass is 32.1. The van der Waals surface area contributed by atoms with E-state index in [1.54, 1.807) is 12.1 Å². The van der Waals surface area contributed by atoms with Gasteiger partial charge < -0.3 is 10.5 Å². The average Bonchev–Trinajstić information content (AvgIpc) is 2.95. The molecule has 0 atom stereocenters. The number of ether oxygens (including phenoxy) is 1. The van der Waals surface area contributed by atoms with Crippen LogP contribution in [0.4, 0.5) is 5.82 Å². The summed E-state index contributed by atoms with van der Waals surface area (Å²) < 4.78 is 6.67. The van der Waals surface area contributed by atoms with Crippen molar-refractivity contribution in [1.29, 1.82) is 0 Å². The summed E-state index contributed by atoms with van der Waals surface area (Å²) in [7, 11) is 2.58. The van der Waals surface area contributed by atoms with Crippen molar-refractivity contribution in [3.63, 3.8) is 0 Å². The molecular formula is C14H15N3O5S. The Morgan fingerprint density at radius 3 is 2.43 bits per heavy atom. The lowest BCUT2D eigenvalue weighted by Gasteiger charge is -2.10. The van der Waals surface area contributed by atoms with E-state index in [1.165, 1.54) is 25.4 Å². The highest BCUT2D eigenvalue weighted by Gasteiger charge is 2.22. The van der Waals surface area contributed by atoms with Gasteiger partial charge in [-0.3, -0.25) is 18.7 Å². The summed E-state index contributed by atoms with van der Waals surface area (Å²) in [5.41, 5.74) is 3.83. The number of nitrogens with two attached hydrogens (primary N) is 1. The van der Waals surface area contributed by atoms with E-state index in [-0.39, 0.29) is 11.4 Å². The summed E-state index contributed by atoms with van der Waals surface area (Å²) in [5, 5.41) is 0. The van der Waals surface area contributed by atoms with Crippen molar-refractivity contribution >= 4 is 28.9 Å². The number of aromatic nitrogens is 2. The number of carbonyl (C=O) groups excluding carboxylic acids is 2. The molecule has 23 heavy (non-hydrogen) atoms. The lowest BCUT2D eigenvalue weighted by molar-refractivity contribution is 0.0479. The van der Waals surface area contributed by atoms with Crippen molar-refractivity contribution in [1.82, 2.24) is 9.13 Å². The number of hydrogen-bond donors (Lipinski definition) is 1. The molecule has 2 N–H and O–H groups in total. The molecule has 0 amide bonds. The van der Waals surface area contributed by atoms with Gasteiger partial charge in [-0.25, -0.2) is 9.59 Å². The Hall–Kier alpha value is -2.68. The minimum absolute atomic E-state index is 0.258. The highest BCUT2D eigenvalue weighted by Crippen LogP contribution is 2.16. The minimum atomic E-state index is -0.821. The first-order valence-corrected chi connectivity index (χ1v) is 7.38. The van der Waals surface area contributed by atoms with Crippen molar-refractivity contribution in [2.24, 2.45) is 14.1 Å². The molecule has 0 spiro atoms. The van der Waals surface area contributed by atoms with Gasteiger partial charge in [0, 0.05) is 19.0 Å². The van der Waals surface area contributed by atoms with Gasteiger partial charge >= 0.3 is 11.7 Å². The van der Waals surface area contributed by atoms with E-state index in [0.717, 1.165) is 14.0 Å². The second-order valence-corrected chi connectivity index (χ2v) is 6.16. The SMILES string of the molecule is Cc1ccc(C(=O)OCC(=O)c2c(N)n(C)c(=O)n(C)c2=O)s1. The molecular weight excluding hydrogens is 322 g/mol. The zero-order valence-electron chi connectivity index (χ0n) is 12.8. The molecule has 0 saturated carbocycles. The molecule has 122 valence electrons. The molecule has 2 rings (SSSR count). The van der Waals surface area contributed by atoms with Gasteiger partial charge in [0.25, 0.3) is 5.56 Å². The van der Waals surface area contributed by atoms with Crippen molar-refractivity contribution < 1.29 is 14.3 Å². The van der Waals surface area contributed by atoms with Crippen LogP contribution in [0, 0.1) is 6.92 Å². The number of ketones is 1. The monoisotopic (exact) mass is 337 g/mol. The maximum atomic E-state index is 12.2. The van der Waals surface area contributed by atoms with E-state index in [4.69, 9.17) is 10.5 Å². The number of Topliss-reactive ketones (excluding diaryl/α,β-unsaturated/α-hetero) is 1. The van der Waals surface area contributed by atoms with E-state index in [1.807, 2.05) is 6.92 Å². The number of thiophene rings is 1. The Morgan fingerprint density at radius 2 is 1.87 bits per heavy atom. The molecule has 0 aromatic carbocycles. The lowest BCUT2D eigenvalue weighted by atomic mass is 10.2. The van der Waals surface area contributed by atoms with Gasteiger partial charge in [-0.15, -0.1) is 11.3 Å². The Balaban J connectivity index is 2.24. The van der Waals surface area contributed by atoms with E-state index >= 15 is 0 Å². The summed E-state index contributed by atoms with van der Waals surface area (Å²) in [6, 6.07) is 3.34. The second kappa shape index (κ2) is 6.21. The molecule has 0 bridgehead atoms. The van der Waals surface area contributed by atoms with E-state index in [2.05, 4.69) is 0 Å². The fourth-order valence-electron chi connectivity index (χ4n) is 1.94. The number of anilines is 1. The molecule has 0 aliphatic carbocycles. The third kappa shape index (κ3) is 3.09. The first-order chi connectivity index (χ1) is 10.7. The summed E-state index contributed by atoms with van der Waals surface area (Å²) in [6.45, 7) is 1.20. The topological polar surface area (TPSA) is 113 Å². The summed E-state index contributed by atoms with van der Waals surface area (Å²) >= 11 is 1.23. The second-order valence-electron chi connectivity index (χ2n) is 4.88. The number of rotatable bonds is 4. The van der Waals surface area contributed by atoms with Gasteiger partial charge in [0.15, 0.2) is 6.61 Å². The Kier molecular flexibility index (Phi) is 4.50. The lowest BCUT2D eigenvalue weighted by Crippen LogP contribution is -2.42. The van der Waals surface area contributed by atoms with Gasteiger partial charge in [0.1, 0.15) is 16.3 Å². The zero-order valence-corrected chi connectivity index (χ0v) is 13.6. The van der Waals surface area contributed by atoms with E-state index in [9.17, 15) is 19.2 Å². The van der Waals surface area contributed by atoms with Crippen LogP contribution in [-0.4, -0.2) is 27.5 Å². The standard InChI is InChI=1S/C14H15N3O5S/c1-7-4-5-9(23-7)13(20)22-6-8(18)10-11(15)16(2)14(21)17(3)12(10)19/h4-5H,6,15H2,1-3H3. The molecule has 0 radical (unpaired) electrons. The smallest absolute Gasteiger partial charge is 0.348 e. The largest absolute Gasteiger partial charge is 0.453 e. The normalized spacial score (nSPS) is 10.6. The molecule has 2 aromatic heterocycles. The van der Waals surface area contributed by atoms with Crippen LogP contribution >= 0.6 is 11.3 Å². The van der Waals surface area contributed by atoms with Crippen molar-refractivity contribution in [2.45, 2.75) is 6.92 Å². The molecule has 0 fully saturated rings. The van der Waals surface area contributed by atoms with Crippen LogP contribution < -0.4 is 17.0 Å². The van der Waals surface area contributed by atoms with Gasteiger partial charge in [0.05, 0.1) is 0 Å². The van der Waals surface area contributed by atoms with Crippen LogP contribution in [0.1, 0.15) is 24.9 Å². The van der Waals surface area contributed by atoms with Crippen molar-refractivity contribution in [2.75, 3.05) is 12.3 Å². The molecule has 0 aliphatic rings. The van der Waals surface area contributed by atoms with Crippen molar-refractivity contribution in [3.05, 3.63) is 48.3 Å². The average molecular weight is 337 g/mol. The Labute approximate surface area is 134 Å². The first kappa shape index (κ1) is 16.7. The number of nitrogen functional groups attached to an aromatic ring is 1. The Bertz CT molecular complexity index is 906. The predicted molar refractivity (Wildman–Crippen MR) is 85.0 cm³/mol. The molecule has 8 nitrogen and oxygen atoms in total. The first-order valence-electron chi connectivity index (χ1n) is 6.56. The number of carbonyl (C=O) groups is 2. The molecule has 0 unspecified atom stereocenters. The molecule has 0 saturated heterocycles. The van der Waals surface area contributed by atoms with Crippen LogP contribution in [0.25, 0.3) is 0 Å². The fourth-order valence-corrected chi connectivity index (χ4v) is 2.70. The van der Waals surface area contributed by atoms with Gasteiger partial charge in [-0.05, 0) is 19.1 Å². The summed E-state index contributed by atoms with van der Waals surface area (Å²) in [5.74, 6) is -1.68. The predicted octanol–water partition coefficient (Wildman–Crippen LogP) is 0.0758. The van der Waals surface area contributed by atoms with Crippen LogP contribution in [-0.2, 0) is 18.8 Å². The summed E-state index contributed by atoms with van der Waals surface area (Å²) in [4.78, 5) is 49.0. The third-order valence-electron chi connectivity index (χ3n) is 3.26. The number of nitrogens with zero attached hydrogens (tertiary/aromatic N) is 2. The molecule has 0 aliphatic heterocycles. The van der Waals surface area contributed by atoms with Gasteiger partial charge in [-0.1, -0.05) is 0 Å². The number of esters is 1. The van der Waals surface area contributed by atoms with Gasteiger partial charge in [-0.2, -0.15) is 0 Å². The maximum absolute atomic E-state index is 12.2. The van der Waals surface area contributed by atoms with Crippen LogP contribution in [0.15, 0.2) is 21.7 Å². The van der Waals surface area contributed by atoms with Crippen LogP contribution in [0.5, 0.6) is 0 Å².